The second-order valence-corrected chi connectivity index (χ2v) is 5.27. The first kappa shape index (κ1) is 14.1. The minimum absolute atomic E-state index is 0.628. The molecule has 1 heterocycles. The summed E-state index contributed by atoms with van der Waals surface area (Å²) in [7, 11) is 0. The van der Waals surface area contributed by atoms with E-state index in [1.54, 1.807) is 0 Å². The summed E-state index contributed by atoms with van der Waals surface area (Å²) in [5.74, 6) is 2.34. The van der Waals surface area contributed by atoms with Crippen molar-refractivity contribution in [2.24, 2.45) is 5.92 Å². The van der Waals surface area contributed by atoms with Crippen LogP contribution < -0.4 is 5.32 Å². The van der Waals surface area contributed by atoms with Crippen molar-refractivity contribution in [1.29, 1.82) is 0 Å². The summed E-state index contributed by atoms with van der Waals surface area (Å²) in [6.07, 6.45) is 5.34. The number of benzene rings is 1. The van der Waals surface area contributed by atoms with Gasteiger partial charge in [0.25, 0.3) is 0 Å². The van der Waals surface area contributed by atoms with Gasteiger partial charge in [0.05, 0.1) is 0 Å². The summed E-state index contributed by atoms with van der Waals surface area (Å²) in [5.41, 5.74) is 0. The number of rotatable bonds is 7. The summed E-state index contributed by atoms with van der Waals surface area (Å²) >= 11 is 5.87. The molecule has 0 saturated heterocycles. The van der Waals surface area contributed by atoms with Crippen LogP contribution in [0.3, 0.4) is 0 Å². The van der Waals surface area contributed by atoms with Crippen molar-refractivity contribution in [2.75, 3.05) is 17.7 Å². The van der Waals surface area contributed by atoms with E-state index in [1.807, 2.05) is 12.3 Å². The van der Waals surface area contributed by atoms with Crippen LogP contribution >= 0.6 is 11.6 Å². The van der Waals surface area contributed by atoms with Gasteiger partial charge in [-0.1, -0.05) is 37.6 Å². The third kappa shape index (κ3) is 3.84. The first-order valence-electron chi connectivity index (χ1n) is 6.98. The molecule has 1 atom stereocenters. The molecular weight excluding hydrogens is 256 g/mol. The Morgan fingerprint density at radius 1 is 1.21 bits per heavy atom. The van der Waals surface area contributed by atoms with E-state index in [4.69, 9.17) is 11.6 Å². The standard InChI is InChI=1S/C16H21ClN2/c1-2-5-13(8-10-17)12-19-16-15-7-4-3-6-14(15)9-11-18-16/h3-4,6-7,9,11,13H,2,5,8,10,12H2,1H3,(H,18,19). The van der Waals surface area contributed by atoms with Crippen LogP contribution in [0.2, 0.25) is 0 Å². The highest BCUT2D eigenvalue weighted by Crippen LogP contribution is 2.21. The Kier molecular flexibility index (Phi) is 5.46. The number of nitrogens with zero attached hydrogens (tertiary/aromatic N) is 1. The Morgan fingerprint density at radius 2 is 2.05 bits per heavy atom. The van der Waals surface area contributed by atoms with Crippen molar-refractivity contribution in [3.63, 3.8) is 0 Å². The third-order valence-electron chi connectivity index (χ3n) is 3.45. The summed E-state index contributed by atoms with van der Waals surface area (Å²) in [6.45, 7) is 3.17. The number of hydrogen-bond donors (Lipinski definition) is 1. The number of alkyl halides is 1. The first-order valence-corrected chi connectivity index (χ1v) is 7.52. The quantitative estimate of drug-likeness (QED) is 0.742. The number of nitrogens with one attached hydrogen (secondary N) is 1. The van der Waals surface area contributed by atoms with E-state index in [2.05, 4.69) is 41.5 Å². The molecular formula is C16H21ClN2. The third-order valence-corrected chi connectivity index (χ3v) is 3.66. The molecule has 0 aliphatic heterocycles. The predicted molar refractivity (Wildman–Crippen MR) is 84.0 cm³/mol. The maximum Gasteiger partial charge on any atom is 0.133 e. The molecule has 2 rings (SSSR count). The van der Waals surface area contributed by atoms with Crippen molar-refractivity contribution < 1.29 is 0 Å². The van der Waals surface area contributed by atoms with E-state index in [9.17, 15) is 0 Å². The van der Waals surface area contributed by atoms with Crippen LogP contribution in [-0.2, 0) is 0 Å². The summed E-state index contributed by atoms with van der Waals surface area (Å²) in [6, 6.07) is 10.4. The van der Waals surface area contributed by atoms with Crippen LogP contribution in [0.1, 0.15) is 26.2 Å². The molecule has 0 spiro atoms. The number of anilines is 1. The van der Waals surface area contributed by atoms with E-state index in [0.717, 1.165) is 24.7 Å². The largest absolute Gasteiger partial charge is 0.369 e. The highest BCUT2D eigenvalue weighted by molar-refractivity contribution is 6.17. The Bertz CT molecular complexity index is 502. The molecule has 102 valence electrons. The van der Waals surface area contributed by atoms with E-state index < -0.39 is 0 Å². The molecule has 2 aromatic rings. The second kappa shape index (κ2) is 7.34. The molecule has 1 N–H and O–H groups in total. The molecule has 1 aromatic heterocycles. The molecule has 2 nitrogen and oxygen atoms in total. The molecule has 0 aliphatic carbocycles. The number of pyridine rings is 1. The lowest BCUT2D eigenvalue weighted by Crippen LogP contribution is -2.15. The molecule has 1 unspecified atom stereocenters. The van der Waals surface area contributed by atoms with Gasteiger partial charge >= 0.3 is 0 Å². The lowest BCUT2D eigenvalue weighted by molar-refractivity contribution is 0.490. The number of aromatic nitrogens is 1. The van der Waals surface area contributed by atoms with Gasteiger partial charge in [-0.2, -0.15) is 0 Å². The van der Waals surface area contributed by atoms with Crippen molar-refractivity contribution in [3.8, 4) is 0 Å². The molecule has 1 aromatic carbocycles. The number of halogens is 1. The topological polar surface area (TPSA) is 24.9 Å². The molecule has 0 aliphatic rings. The van der Waals surface area contributed by atoms with E-state index in [-0.39, 0.29) is 0 Å². The van der Waals surface area contributed by atoms with Gasteiger partial charge in [-0.3, -0.25) is 0 Å². The smallest absolute Gasteiger partial charge is 0.133 e. The second-order valence-electron chi connectivity index (χ2n) is 4.89. The van der Waals surface area contributed by atoms with Crippen LogP contribution in [0.25, 0.3) is 10.8 Å². The van der Waals surface area contributed by atoms with Crippen molar-refractivity contribution >= 4 is 28.2 Å². The monoisotopic (exact) mass is 276 g/mol. The van der Waals surface area contributed by atoms with Crippen molar-refractivity contribution in [2.45, 2.75) is 26.2 Å². The summed E-state index contributed by atoms with van der Waals surface area (Å²) in [4.78, 5) is 4.45. The Morgan fingerprint density at radius 3 is 2.84 bits per heavy atom. The first-order chi connectivity index (χ1) is 9.35. The fourth-order valence-electron chi connectivity index (χ4n) is 2.41. The maximum absolute atomic E-state index is 5.87. The van der Waals surface area contributed by atoms with E-state index >= 15 is 0 Å². The van der Waals surface area contributed by atoms with Gasteiger partial charge in [0.2, 0.25) is 0 Å². The molecule has 0 bridgehead atoms. The Balaban J connectivity index is 2.08. The fourth-order valence-corrected chi connectivity index (χ4v) is 2.72. The van der Waals surface area contributed by atoms with Gasteiger partial charge in [0.15, 0.2) is 0 Å². The van der Waals surface area contributed by atoms with Gasteiger partial charge < -0.3 is 5.32 Å². The summed E-state index contributed by atoms with van der Waals surface area (Å²) < 4.78 is 0. The van der Waals surface area contributed by atoms with Gasteiger partial charge in [-0.25, -0.2) is 4.98 Å². The highest BCUT2D eigenvalue weighted by atomic mass is 35.5. The normalized spacial score (nSPS) is 12.5. The zero-order chi connectivity index (χ0) is 13.5. The zero-order valence-electron chi connectivity index (χ0n) is 11.4. The highest BCUT2D eigenvalue weighted by Gasteiger charge is 2.08. The maximum atomic E-state index is 5.87. The van der Waals surface area contributed by atoms with Gasteiger partial charge in [-0.15, -0.1) is 11.6 Å². The van der Waals surface area contributed by atoms with Gasteiger partial charge in [0.1, 0.15) is 5.82 Å². The SMILES string of the molecule is CCCC(CCCl)CNc1nccc2ccccc12. The fraction of sp³-hybridized carbons (Fsp3) is 0.438. The van der Waals surface area contributed by atoms with Gasteiger partial charge in [-0.05, 0) is 30.2 Å². The molecule has 19 heavy (non-hydrogen) atoms. The van der Waals surface area contributed by atoms with Crippen molar-refractivity contribution in [3.05, 3.63) is 36.5 Å². The lowest BCUT2D eigenvalue weighted by atomic mass is 10.0. The number of hydrogen-bond acceptors (Lipinski definition) is 2. The van der Waals surface area contributed by atoms with E-state index in [1.165, 1.54) is 23.6 Å². The van der Waals surface area contributed by atoms with Gasteiger partial charge in [0, 0.05) is 24.0 Å². The van der Waals surface area contributed by atoms with Crippen LogP contribution in [-0.4, -0.2) is 17.4 Å². The molecule has 0 fully saturated rings. The molecule has 0 radical (unpaired) electrons. The van der Waals surface area contributed by atoms with Crippen molar-refractivity contribution in [1.82, 2.24) is 4.98 Å². The zero-order valence-corrected chi connectivity index (χ0v) is 12.2. The Labute approximate surface area is 120 Å². The average Bonchev–Trinajstić information content (AvgIpc) is 2.45. The Hall–Kier alpha value is -1.28. The summed E-state index contributed by atoms with van der Waals surface area (Å²) in [5, 5.41) is 5.90. The number of fused-ring (bicyclic) bond motifs is 1. The van der Waals surface area contributed by atoms with E-state index in [0.29, 0.717) is 5.92 Å². The molecule has 0 saturated carbocycles. The lowest BCUT2D eigenvalue weighted by Gasteiger charge is -2.16. The minimum Gasteiger partial charge on any atom is -0.369 e. The predicted octanol–water partition coefficient (Wildman–Crippen LogP) is 4.69. The molecule has 0 amide bonds. The minimum atomic E-state index is 0.628. The van der Waals surface area contributed by atoms with Crippen LogP contribution in [0.15, 0.2) is 36.5 Å². The molecule has 3 heteroatoms. The average molecular weight is 277 g/mol. The van der Waals surface area contributed by atoms with Crippen LogP contribution in [0, 0.1) is 5.92 Å². The van der Waals surface area contributed by atoms with Crippen LogP contribution in [0.4, 0.5) is 5.82 Å². The van der Waals surface area contributed by atoms with Crippen LogP contribution in [0.5, 0.6) is 0 Å².